The van der Waals surface area contributed by atoms with Crippen molar-refractivity contribution in [2.24, 2.45) is 0 Å². The van der Waals surface area contributed by atoms with Crippen molar-refractivity contribution >= 4 is 11.9 Å². The lowest BCUT2D eigenvalue weighted by molar-refractivity contribution is -0.138. The van der Waals surface area contributed by atoms with E-state index in [1.54, 1.807) is 13.0 Å². The average molecular weight is 275 g/mol. The number of hydrogen-bond acceptors (Lipinski definition) is 6. The molecule has 0 fully saturated rings. The third kappa shape index (κ3) is 4.34. The molecule has 0 heterocycles. The quantitative estimate of drug-likeness (QED) is 0.314. The average Bonchev–Trinajstić information content (AvgIpc) is 2.43. The molecule has 0 radical (unpaired) electrons. The van der Waals surface area contributed by atoms with Crippen LogP contribution in [0.2, 0.25) is 0 Å². The number of aromatic hydroxyl groups is 1. The summed E-state index contributed by atoms with van der Waals surface area (Å²) in [5.41, 5.74) is 4.53. The Morgan fingerprint density at radius 2 is 2.25 bits per heavy atom. The highest BCUT2D eigenvalue weighted by Crippen LogP contribution is 2.10. The molecule has 1 amide bonds. The third-order valence-electron chi connectivity index (χ3n) is 2.13. The molecule has 0 unspecified atom stereocenters. The highest BCUT2D eigenvalue weighted by molar-refractivity contribution is 5.95. The van der Waals surface area contributed by atoms with Crippen LogP contribution in [0.3, 0.4) is 0 Å². The molecule has 1 rings (SSSR count). The van der Waals surface area contributed by atoms with Crippen molar-refractivity contribution in [3.05, 3.63) is 41.6 Å². The minimum Gasteiger partial charge on any atom is -0.508 e. The van der Waals surface area contributed by atoms with Crippen LogP contribution in [-0.2, 0) is 9.53 Å². The van der Waals surface area contributed by atoms with Crippen LogP contribution in [0.1, 0.15) is 17.3 Å². The zero-order valence-corrected chi connectivity index (χ0v) is 10.7. The number of carbonyl (C=O) groups is 2. The first-order valence-electron chi connectivity index (χ1n) is 5.70. The molecule has 0 saturated carbocycles. The smallest absolute Gasteiger partial charge is 0.350 e. The SMILES string of the molecule is CCOC(=O)/C(C#N)=C/NNC(=O)c1cccc(O)c1. The van der Waals surface area contributed by atoms with E-state index in [2.05, 4.69) is 15.6 Å². The maximum atomic E-state index is 11.6. The van der Waals surface area contributed by atoms with Gasteiger partial charge in [0.15, 0.2) is 5.57 Å². The molecular formula is C13H13N3O4. The number of hydrazine groups is 1. The van der Waals surface area contributed by atoms with Gasteiger partial charge < -0.3 is 15.3 Å². The van der Waals surface area contributed by atoms with Gasteiger partial charge in [-0.3, -0.25) is 10.2 Å². The van der Waals surface area contributed by atoms with E-state index in [-0.39, 0.29) is 23.5 Å². The molecule has 104 valence electrons. The molecule has 1 aromatic carbocycles. The number of nitrogens with one attached hydrogen (secondary N) is 2. The molecule has 0 aliphatic rings. The van der Waals surface area contributed by atoms with Gasteiger partial charge in [-0.25, -0.2) is 4.79 Å². The first kappa shape index (κ1) is 15.0. The molecule has 0 bridgehead atoms. The lowest BCUT2D eigenvalue weighted by atomic mass is 10.2. The monoisotopic (exact) mass is 275 g/mol. The van der Waals surface area contributed by atoms with Crippen LogP contribution in [0, 0.1) is 11.3 Å². The fourth-order valence-electron chi connectivity index (χ4n) is 1.24. The Bertz CT molecular complexity index is 575. The summed E-state index contributed by atoms with van der Waals surface area (Å²) < 4.78 is 4.64. The molecule has 0 aliphatic heterocycles. The van der Waals surface area contributed by atoms with E-state index in [0.717, 1.165) is 6.20 Å². The minimum absolute atomic E-state index is 0.0440. The Labute approximate surface area is 115 Å². The molecule has 0 saturated heterocycles. The highest BCUT2D eigenvalue weighted by Gasteiger charge is 2.10. The van der Waals surface area contributed by atoms with Gasteiger partial charge in [0.1, 0.15) is 11.8 Å². The lowest BCUT2D eigenvalue weighted by Gasteiger charge is -2.05. The first-order chi connectivity index (χ1) is 9.58. The highest BCUT2D eigenvalue weighted by atomic mass is 16.5. The number of carbonyl (C=O) groups excluding carboxylic acids is 2. The molecule has 0 spiro atoms. The Morgan fingerprint density at radius 3 is 2.85 bits per heavy atom. The van der Waals surface area contributed by atoms with Gasteiger partial charge in [0.05, 0.1) is 6.61 Å². The number of rotatable bonds is 5. The Balaban J connectivity index is 2.61. The Morgan fingerprint density at radius 1 is 1.50 bits per heavy atom. The van der Waals surface area contributed by atoms with Crippen molar-refractivity contribution in [2.75, 3.05) is 6.61 Å². The summed E-state index contributed by atoms with van der Waals surface area (Å²) in [6.45, 7) is 1.76. The number of hydrogen-bond donors (Lipinski definition) is 3. The Kier molecular flexibility index (Phi) is 5.59. The number of phenolic OH excluding ortho intramolecular Hbond substituents is 1. The van der Waals surface area contributed by atoms with Crippen molar-refractivity contribution in [3.63, 3.8) is 0 Å². The third-order valence-corrected chi connectivity index (χ3v) is 2.13. The van der Waals surface area contributed by atoms with Crippen LogP contribution < -0.4 is 10.9 Å². The second kappa shape index (κ2) is 7.43. The zero-order chi connectivity index (χ0) is 15.0. The molecule has 1 aromatic rings. The first-order valence-corrected chi connectivity index (χ1v) is 5.70. The van der Waals surface area contributed by atoms with E-state index in [0.29, 0.717) is 0 Å². The fourth-order valence-corrected chi connectivity index (χ4v) is 1.24. The molecular weight excluding hydrogens is 262 g/mol. The standard InChI is InChI=1S/C13H13N3O4/c1-2-20-13(19)10(7-14)8-15-16-12(18)9-4-3-5-11(17)6-9/h3-6,8,15,17H,2H2,1H3,(H,16,18)/b10-8+. The number of benzene rings is 1. The van der Waals surface area contributed by atoms with Crippen LogP contribution >= 0.6 is 0 Å². The van der Waals surface area contributed by atoms with Crippen molar-refractivity contribution < 1.29 is 19.4 Å². The summed E-state index contributed by atoms with van der Waals surface area (Å²) in [4.78, 5) is 22.9. The summed E-state index contributed by atoms with van der Waals surface area (Å²) in [6.07, 6.45) is 1.03. The van der Waals surface area contributed by atoms with Crippen LogP contribution in [-0.4, -0.2) is 23.6 Å². The lowest BCUT2D eigenvalue weighted by Crippen LogP contribution is -2.34. The largest absolute Gasteiger partial charge is 0.508 e. The van der Waals surface area contributed by atoms with Crippen molar-refractivity contribution in [1.29, 1.82) is 5.26 Å². The zero-order valence-electron chi connectivity index (χ0n) is 10.7. The van der Waals surface area contributed by atoms with Crippen LogP contribution in [0.25, 0.3) is 0 Å². The summed E-state index contributed by atoms with van der Waals surface area (Å²) >= 11 is 0. The molecule has 0 atom stereocenters. The molecule has 0 aromatic heterocycles. The van der Waals surface area contributed by atoms with Crippen LogP contribution in [0.4, 0.5) is 0 Å². The van der Waals surface area contributed by atoms with Crippen molar-refractivity contribution in [1.82, 2.24) is 10.9 Å². The second-order valence-electron chi connectivity index (χ2n) is 3.54. The van der Waals surface area contributed by atoms with Gasteiger partial charge >= 0.3 is 5.97 Å². The van der Waals surface area contributed by atoms with Crippen molar-refractivity contribution in [2.45, 2.75) is 6.92 Å². The van der Waals surface area contributed by atoms with Crippen LogP contribution in [0.5, 0.6) is 5.75 Å². The van der Waals surface area contributed by atoms with Gasteiger partial charge in [-0.1, -0.05) is 6.07 Å². The molecule has 7 heteroatoms. The predicted octanol–water partition coefficient (Wildman–Crippen LogP) is 0.597. The maximum Gasteiger partial charge on any atom is 0.350 e. The number of amides is 1. The molecule has 0 aliphatic carbocycles. The normalized spacial score (nSPS) is 10.3. The van der Waals surface area contributed by atoms with Gasteiger partial charge in [-0.2, -0.15) is 5.26 Å². The molecule has 7 nitrogen and oxygen atoms in total. The number of nitrogens with zero attached hydrogens (tertiary/aromatic N) is 1. The van der Waals surface area contributed by atoms with Crippen LogP contribution in [0.15, 0.2) is 36.0 Å². The summed E-state index contributed by atoms with van der Waals surface area (Å²) in [6, 6.07) is 7.36. The summed E-state index contributed by atoms with van der Waals surface area (Å²) in [5.74, 6) is -1.36. The van der Waals surface area contributed by atoms with Gasteiger partial charge in [0, 0.05) is 11.8 Å². The topological polar surface area (TPSA) is 111 Å². The van der Waals surface area contributed by atoms with E-state index in [1.165, 1.54) is 24.3 Å². The van der Waals surface area contributed by atoms with Gasteiger partial charge in [-0.15, -0.1) is 0 Å². The molecule has 20 heavy (non-hydrogen) atoms. The number of nitriles is 1. The maximum absolute atomic E-state index is 11.6. The van der Waals surface area contributed by atoms with E-state index >= 15 is 0 Å². The summed E-state index contributed by atoms with van der Waals surface area (Å²) in [7, 11) is 0. The van der Waals surface area contributed by atoms with Gasteiger partial charge in [0.2, 0.25) is 0 Å². The van der Waals surface area contributed by atoms with E-state index in [9.17, 15) is 14.7 Å². The van der Waals surface area contributed by atoms with Gasteiger partial charge in [0.25, 0.3) is 5.91 Å². The van der Waals surface area contributed by atoms with E-state index < -0.39 is 11.9 Å². The number of esters is 1. The van der Waals surface area contributed by atoms with Gasteiger partial charge in [-0.05, 0) is 25.1 Å². The number of ether oxygens (including phenoxy) is 1. The van der Waals surface area contributed by atoms with E-state index in [1.807, 2.05) is 0 Å². The second-order valence-corrected chi connectivity index (χ2v) is 3.54. The Hall–Kier alpha value is -3.01. The minimum atomic E-state index is -0.783. The molecule has 3 N–H and O–H groups in total. The predicted molar refractivity (Wildman–Crippen MR) is 69.0 cm³/mol. The van der Waals surface area contributed by atoms with E-state index in [4.69, 9.17) is 5.26 Å². The number of phenols is 1. The summed E-state index contributed by atoms with van der Waals surface area (Å²) in [5, 5.41) is 18.0. The fraction of sp³-hybridized carbons (Fsp3) is 0.154. The van der Waals surface area contributed by atoms with Crippen molar-refractivity contribution in [3.8, 4) is 11.8 Å².